The van der Waals surface area contributed by atoms with Crippen molar-refractivity contribution in [3.8, 4) is 0 Å². The van der Waals surface area contributed by atoms with Gasteiger partial charge in [0.25, 0.3) is 0 Å². The summed E-state index contributed by atoms with van der Waals surface area (Å²) in [4.78, 5) is 0. The summed E-state index contributed by atoms with van der Waals surface area (Å²) >= 11 is 0. The van der Waals surface area contributed by atoms with Crippen LogP contribution in [0, 0.1) is 5.41 Å². The van der Waals surface area contributed by atoms with Crippen LogP contribution >= 0.6 is 0 Å². The van der Waals surface area contributed by atoms with Gasteiger partial charge in [-0.05, 0) is 5.41 Å². The SMILES string of the molecule is CC(C)(C)COCC(COCC1CO1)OCC1CO1. The number of rotatable bonds is 10. The molecule has 19 heavy (non-hydrogen) atoms. The third-order valence-electron chi connectivity index (χ3n) is 2.77. The molecule has 2 fully saturated rings. The second-order valence-corrected chi connectivity index (χ2v) is 6.48. The van der Waals surface area contributed by atoms with Crippen molar-refractivity contribution >= 4 is 0 Å². The lowest BCUT2D eigenvalue weighted by Crippen LogP contribution is -2.30. The lowest BCUT2D eigenvalue weighted by molar-refractivity contribution is -0.0732. The van der Waals surface area contributed by atoms with E-state index in [0.29, 0.717) is 32.5 Å². The highest BCUT2D eigenvalue weighted by Gasteiger charge is 2.26. The van der Waals surface area contributed by atoms with Gasteiger partial charge in [0.1, 0.15) is 18.3 Å². The molecule has 0 aromatic heterocycles. The van der Waals surface area contributed by atoms with Crippen molar-refractivity contribution < 1.29 is 23.7 Å². The predicted octanol–water partition coefficient (Wildman–Crippen LogP) is 1.25. The van der Waals surface area contributed by atoms with Crippen molar-refractivity contribution in [2.75, 3.05) is 46.2 Å². The molecule has 0 N–H and O–H groups in total. The van der Waals surface area contributed by atoms with Crippen LogP contribution in [0.5, 0.6) is 0 Å². The topological polar surface area (TPSA) is 52.8 Å². The summed E-state index contributed by atoms with van der Waals surface area (Å²) in [7, 11) is 0. The Morgan fingerprint density at radius 2 is 1.58 bits per heavy atom. The fraction of sp³-hybridized carbons (Fsp3) is 1.00. The van der Waals surface area contributed by atoms with Gasteiger partial charge in [-0.3, -0.25) is 0 Å². The molecule has 2 aliphatic rings. The first-order valence-corrected chi connectivity index (χ1v) is 7.03. The Balaban J connectivity index is 1.59. The largest absolute Gasteiger partial charge is 0.378 e. The second-order valence-electron chi connectivity index (χ2n) is 6.48. The highest BCUT2D eigenvalue weighted by atomic mass is 16.6. The normalized spacial score (nSPS) is 27.3. The molecule has 2 saturated heterocycles. The van der Waals surface area contributed by atoms with Gasteiger partial charge in [0, 0.05) is 0 Å². The van der Waals surface area contributed by atoms with E-state index in [-0.39, 0.29) is 17.6 Å². The quantitative estimate of drug-likeness (QED) is 0.561. The first kappa shape index (κ1) is 15.2. The maximum absolute atomic E-state index is 5.77. The van der Waals surface area contributed by atoms with Crippen LogP contribution < -0.4 is 0 Å². The average molecular weight is 274 g/mol. The minimum Gasteiger partial charge on any atom is -0.378 e. The van der Waals surface area contributed by atoms with Crippen LogP contribution in [-0.4, -0.2) is 64.6 Å². The minimum absolute atomic E-state index is 0.0229. The lowest BCUT2D eigenvalue weighted by Gasteiger charge is -2.22. The number of epoxide rings is 2. The summed E-state index contributed by atoms with van der Waals surface area (Å²) in [6.45, 7) is 11.2. The van der Waals surface area contributed by atoms with Crippen LogP contribution in [0.3, 0.4) is 0 Å². The summed E-state index contributed by atoms with van der Waals surface area (Å²) in [6, 6.07) is 0. The standard InChI is InChI=1S/C14H26O5/c1-14(2,3)10-16-6-11(17-8-13-9-19-13)4-15-5-12-7-18-12/h11-13H,4-10H2,1-3H3. The highest BCUT2D eigenvalue weighted by Crippen LogP contribution is 2.15. The molecular weight excluding hydrogens is 248 g/mol. The van der Waals surface area contributed by atoms with Gasteiger partial charge in [-0.1, -0.05) is 20.8 Å². The molecule has 0 radical (unpaired) electrons. The van der Waals surface area contributed by atoms with E-state index in [0.717, 1.165) is 19.8 Å². The summed E-state index contributed by atoms with van der Waals surface area (Å²) in [5.41, 5.74) is 0.173. The molecule has 0 amide bonds. The summed E-state index contributed by atoms with van der Waals surface area (Å²) in [5.74, 6) is 0. The molecule has 3 unspecified atom stereocenters. The maximum Gasteiger partial charge on any atom is 0.104 e. The number of ether oxygens (including phenoxy) is 5. The Labute approximate surface area is 115 Å². The molecule has 0 aromatic carbocycles. The third kappa shape index (κ3) is 7.84. The van der Waals surface area contributed by atoms with Crippen molar-refractivity contribution in [3.05, 3.63) is 0 Å². The van der Waals surface area contributed by atoms with E-state index in [1.807, 2.05) is 0 Å². The van der Waals surface area contributed by atoms with Crippen LogP contribution in [0.4, 0.5) is 0 Å². The van der Waals surface area contributed by atoms with Gasteiger partial charge in [0.05, 0.1) is 46.2 Å². The first-order valence-electron chi connectivity index (χ1n) is 7.03. The van der Waals surface area contributed by atoms with Crippen LogP contribution in [0.2, 0.25) is 0 Å². The van der Waals surface area contributed by atoms with Gasteiger partial charge in [-0.15, -0.1) is 0 Å². The Hall–Kier alpha value is -0.200. The van der Waals surface area contributed by atoms with Crippen molar-refractivity contribution in [1.29, 1.82) is 0 Å². The molecule has 0 aliphatic carbocycles. The van der Waals surface area contributed by atoms with Crippen molar-refractivity contribution in [2.45, 2.75) is 39.1 Å². The number of hydrogen-bond donors (Lipinski definition) is 0. The Bertz CT molecular complexity index is 255. The molecule has 3 atom stereocenters. The summed E-state index contributed by atoms with van der Waals surface area (Å²) in [6.07, 6.45) is 0.546. The Morgan fingerprint density at radius 3 is 2.16 bits per heavy atom. The predicted molar refractivity (Wildman–Crippen MR) is 70.3 cm³/mol. The molecule has 2 heterocycles. The first-order chi connectivity index (χ1) is 9.03. The van der Waals surface area contributed by atoms with Crippen molar-refractivity contribution in [1.82, 2.24) is 0 Å². The van der Waals surface area contributed by atoms with E-state index in [9.17, 15) is 0 Å². The zero-order chi connectivity index (χ0) is 13.7. The van der Waals surface area contributed by atoms with Crippen molar-refractivity contribution in [3.63, 3.8) is 0 Å². The molecule has 2 aliphatic heterocycles. The van der Waals surface area contributed by atoms with E-state index in [4.69, 9.17) is 23.7 Å². The molecule has 0 spiro atoms. The molecule has 5 nitrogen and oxygen atoms in total. The molecule has 5 heteroatoms. The fourth-order valence-electron chi connectivity index (χ4n) is 1.54. The van der Waals surface area contributed by atoms with Gasteiger partial charge in [0.2, 0.25) is 0 Å². The molecular formula is C14H26O5. The molecule has 2 rings (SSSR count). The average Bonchev–Trinajstić information content (AvgIpc) is 3.17. The van der Waals surface area contributed by atoms with Crippen LogP contribution in [0.1, 0.15) is 20.8 Å². The highest BCUT2D eigenvalue weighted by molar-refractivity contribution is 4.71. The van der Waals surface area contributed by atoms with Gasteiger partial charge in [-0.2, -0.15) is 0 Å². The maximum atomic E-state index is 5.77. The van der Waals surface area contributed by atoms with Crippen LogP contribution in [0.25, 0.3) is 0 Å². The lowest BCUT2D eigenvalue weighted by atomic mass is 9.99. The molecule has 0 bridgehead atoms. The van der Waals surface area contributed by atoms with E-state index < -0.39 is 0 Å². The van der Waals surface area contributed by atoms with E-state index in [2.05, 4.69) is 20.8 Å². The molecule has 0 aromatic rings. The molecule has 0 saturated carbocycles. The number of hydrogen-bond acceptors (Lipinski definition) is 5. The van der Waals surface area contributed by atoms with E-state index >= 15 is 0 Å². The monoisotopic (exact) mass is 274 g/mol. The fourth-order valence-corrected chi connectivity index (χ4v) is 1.54. The Kier molecular flexibility index (Phi) is 5.59. The van der Waals surface area contributed by atoms with Gasteiger partial charge in [0.15, 0.2) is 0 Å². The van der Waals surface area contributed by atoms with Gasteiger partial charge >= 0.3 is 0 Å². The molecule has 112 valence electrons. The Morgan fingerprint density at radius 1 is 1.00 bits per heavy atom. The third-order valence-corrected chi connectivity index (χ3v) is 2.77. The second kappa shape index (κ2) is 6.99. The van der Waals surface area contributed by atoms with Gasteiger partial charge < -0.3 is 23.7 Å². The van der Waals surface area contributed by atoms with E-state index in [1.54, 1.807) is 0 Å². The zero-order valence-corrected chi connectivity index (χ0v) is 12.2. The zero-order valence-electron chi connectivity index (χ0n) is 12.2. The van der Waals surface area contributed by atoms with Crippen LogP contribution in [-0.2, 0) is 23.7 Å². The van der Waals surface area contributed by atoms with Crippen molar-refractivity contribution in [2.24, 2.45) is 5.41 Å². The van der Waals surface area contributed by atoms with E-state index in [1.165, 1.54) is 0 Å². The van der Waals surface area contributed by atoms with Gasteiger partial charge in [-0.25, -0.2) is 0 Å². The summed E-state index contributed by atoms with van der Waals surface area (Å²) < 4.78 is 27.3. The van der Waals surface area contributed by atoms with Crippen LogP contribution in [0.15, 0.2) is 0 Å². The summed E-state index contributed by atoms with van der Waals surface area (Å²) in [5, 5.41) is 0. The smallest absolute Gasteiger partial charge is 0.104 e. The minimum atomic E-state index is -0.0229.